The number of carboxylic acids is 1. The van der Waals surface area contributed by atoms with Crippen molar-refractivity contribution in [2.75, 3.05) is 6.54 Å². The molecule has 400 valence electrons. The molecule has 8 amide bonds. The molecule has 0 aliphatic carbocycles. The Bertz CT molecular complexity index is 1740. The van der Waals surface area contributed by atoms with Gasteiger partial charge in [-0.1, -0.05) is 121 Å². The molecule has 21 heteroatoms. The number of ether oxygens (including phenoxy) is 1. The van der Waals surface area contributed by atoms with Gasteiger partial charge in [0, 0.05) is 6.54 Å². The molecule has 0 saturated carbocycles. The van der Waals surface area contributed by atoms with Gasteiger partial charge in [-0.15, -0.1) is 0 Å². The molecule has 21 nitrogen and oxygen atoms in total. The first-order valence-corrected chi connectivity index (χ1v) is 25.3. The molecule has 1 saturated heterocycles. The van der Waals surface area contributed by atoms with Gasteiger partial charge in [-0.25, -0.2) is 4.79 Å². The molecule has 0 aromatic heterocycles. The Labute approximate surface area is 414 Å². The van der Waals surface area contributed by atoms with Gasteiger partial charge >= 0.3 is 11.9 Å². The highest BCUT2D eigenvalue weighted by molar-refractivity contribution is 5.98. The first-order chi connectivity index (χ1) is 32.8. The van der Waals surface area contributed by atoms with E-state index < -0.39 is 139 Å². The van der Waals surface area contributed by atoms with Crippen molar-refractivity contribution >= 4 is 59.2 Å². The average Bonchev–Trinajstić information content (AvgIpc) is 3.24. The number of carboxylic acid groups (broad SMARTS) is 1. The fourth-order valence-electron chi connectivity index (χ4n) is 8.15. The van der Waals surface area contributed by atoms with E-state index in [0.29, 0.717) is 0 Å². The zero-order valence-electron chi connectivity index (χ0n) is 43.4. The van der Waals surface area contributed by atoms with Crippen LogP contribution in [-0.2, 0) is 52.7 Å². The summed E-state index contributed by atoms with van der Waals surface area (Å²) < 4.78 is 5.89. The van der Waals surface area contributed by atoms with Gasteiger partial charge in [-0.05, 0) is 55.3 Å². The lowest BCUT2D eigenvalue weighted by Crippen LogP contribution is -2.61. The van der Waals surface area contributed by atoms with Crippen molar-refractivity contribution in [1.29, 1.82) is 0 Å². The number of cyclic esters (lactones) is 1. The molecule has 1 rings (SSSR count). The monoisotopic (exact) mass is 994 g/mol. The second-order valence-electron chi connectivity index (χ2n) is 20.6. The van der Waals surface area contributed by atoms with E-state index in [2.05, 4.69) is 44.1 Å². The first-order valence-electron chi connectivity index (χ1n) is 25.3. The third-order valence-electron chi connectivity index (χ3n) is 11.8. The molecule has 0 radical (unpaired) electrons. The van der Waals surface area contributed by atoms with Crippen LogP contribution in [0, 0.1) is 29.6 Å². The largest absolute Gasteiger partial charge is 0.481 e. The Kier molecular flexibility index (Phi) is 29.1. The number of nitrogens with one attached hydrogen (secondary N) is 7. The standard InChI is InChI=1S/C49H87N9O12/c1-11-12-13-14-15-16-17-18-31(10)22-32-23-40(60)52-33(19-27(2)3)43(63)54-36(25-41(61)62)46(66)58-42(30(8)9)48(68)55-35(21-29(6)7)44(64)53-34(20-28(4)5)45(65)57-38(26-50)47(67)56-37(24-39(51)59)49(69)70-32/h27-38,42H,11-26,50H2,1-10H3,(H2,51,59)(H,52,60)(H,53,64)(H,54,63)(H,55,68)(H,56,67)(H,57,65)(H,58,66)(H,61,62)/t31?,32?,33-,34?,35-,36?,37?,38?,42-/m0/s1. The number of hydrogen-bond donors (Lipinski definition) is 10. The van der Waals surface area contributed by atoms with Crippen molar-refractivity contribution in [1.82, 2.24) is 37.2 Å². The average molecular weight is 994 g/mol. The van der Waals surface area contributed by atoms with E-state index in [1.165, 1.54) is 6.42 Å². The number of hydrogen-bond acceptors (Lipinski definition) is 12. The summed E-state index contributed by atoms with van der Waals surface area (Å²) in [4.78, 5) is 136. The second-order valence-corrected chi connectivity index (χ2v) is 20.6. The molecular weight excluding hydrogens is 907 g/mol. The molecule has 12 N–H and O–H groups in total. The topological polar surface area (TPSA) is 336 Å². The summed E-state index contributed by atoms with van der Waals surface area (Å²) in [5.41, 5.74) is 11.5. The maximum Gasteiger partial charge on any atom is 0.329 e. The number of carbonyl (C=O) groups excluding carboxylic acids is 9. The summed E-state index contributed by atoms with van der Waals surface area (Å²) in [5.74, 6) is -10.8. The van der Waals surface area contributed by atoms with Crippen LogP contribution >= 0.6 is 0 Å². The lowest BCUT2D eigenvalue weighted by Gasteiger charge is -2.29. The van der Waals surface area contributed by atoms with Gasteiger partial charge in [0.1, 0.15) is 48.4 Å². The summed E-state index contributed by atoms with van der Waals surface area (Å²) in [6.07, 6.45) is 5.30. The lowest BCUT2D eigenvalue weighted by molar-refractivity contribution is -0.156. The van der Waals surface area contributed by atoms with E-state index in [1.807, 2.05) is 6.92 Å². The highest BCUT2D eigenvalue weighted by Gasteiger charge is 2.37. The van der Waals surface area contributed by atoms with Crippen molar-refractivity contribution in [3.63, 3.8) is 0 Å². The van der Waals surface area contributed by atoms with Crippen LogP contribution in [0.5, 0.6) is 0 Å². The van der Waals surface area contributed by atoms with Crippen LogP contribution in [0.1, 0.15) is 166 Å². The Hall–Kier alpha value is -5.34. The van der Waals surface area contributed by atoms with Crippen LogP contribution in [-0.4, -0.2) is 119 Å². The Morgan fingerprint density at radius 1 is 0.557 bits per heavy atom. The van der Waals surface area contributed by atoms with E-state index in [0.717, 1.165) is 44.9 Å². The lowest BCUT2D eigenvalue weighted by atomic mass is 9.94. The number of aliphatic carboxylic acids is 1. The van der Waals surface area contributed by atoms with E-state index in [9.17, 15) is 53.1 Å². The predicted octanol–water partition coefficient (Wildman–Crippen LogP) is 1.97. The van der Waals surface area contributed by atoms with Crippen molar-refractivity contribution < 1.29 is 57.8 Å². The molecule has 1 fully saturated rings. The smallest absolute Gasteiger partial charge is 0.329 e. The van der Waals surface area contributed by atoms with E-state index in [1.54, 1.807) is 55.4 Å². The minimum Gasteiger partial charge on any atom is -0.481 e. The van der Waals surface area contributed by atoms with Gasteiger partial charge < -0.3 is 58.5 Å². The number of primary amides is 1. The van der Waals surface area contributed by atoms with Crippen molar-refractivity contribution in [3.05, 3.63) is 0 Å². The Morgan fingerprint density at radius 2 is 0.986 bits per heavy atom. The van der Waals surface area contributed by atoms with Crippen molar-refractivity contribution in [2.45, 2.75) is 214 Å². The van der Waals surface area contributed by atoms with Gasteiger partial charge in [-0.2, -0.15) is 0 Å². The summed E-state index contributed by atoms with van der Waals surface area (Å²) in [7, 11) is 0. The van der Waals surface area contributed by atoms with Crippen molar-refractivity contribution in [3.8, 4) is 0 Å². The number of unbranched alkanes of at least 4 members (excludes halogenated alkanes) is 6. The zero-order chi connectivity index (χ0) is 53.2. The van der Waals surface area contributed by atoms with Crippen LogP contribution in [0.25, 0.3) is 0 Å². The number of amides is 8. The SMILES string of the molecule is CCCCCCCCCC(C)CC1CC(=O)N[C@@H](CC(C)C)C(=O)NC(CC(=O)O)C(=O)N[C@@H](C(C)C)C(=O)N[C@@H](CC(C)C)C(=O)NC(CC(C)C)C(=O)NC(CN)C(=O)NC(CC(N)=O)C(=O)O1. The van der Waals surface area contributed by atoms with Crippen LogP contribution in [0.2, 0.25) is 0 Å². The van der Waals surface area contributed by atoms with Crippen LogP contribution < -0.4 is 48.7 Å². The van der Waals surface area contributed by atoms with E-state index in [-0.39, 0.29) is 49.4 Å². The van der Waals surface area contributed by atoms with Gasteiger partial charge in [0.15, 0.2) is 0 Å². The molecule has 70 heavy (non-hydrogen) atoms. The molecule has 1 heterocycles. The maximum atomic E-state index is 14.0. The minimum atomic E-state index is -1.72. The molecular formula is C49H87N9O12. The molecule has 9 atom stereocenters. The Morgan fingerprint density at radius 3 is 1.46 bits per heavy atom. The predicted molar refractivity (Wildman–Crippen MR) is 263 cm³/mol. The summed E-state index contributed by atoms with van der Waals surface area (Å²) in [5, 5.41) is 27.8. The minimum absolute atomic E-state index is 0.0397. The molecule has 0 aromatic carbocycles. The maximum absolute atomic E-state index is 14.0. The third kappa shape index (κ3) is 25.0. The fraction of sp³-hybridized carbons (Fsp3) is 0.796. The van der Waals surface area contributed by atoms with Crippen molar-refractivity contribution in [2.24, 2.45) is 41.1 Å². The number of carbonyl (C=O) groups is 10. The highest BCUT2D eigenvalue weighted by atomic mass is 16.5. The summed E-state index contributed by atoms with van der Waals surface area (Å²) in [6, 6.07) is -10.1. The first kappa shape index (κ1) is 62.7. The molecule has 0 bridgehead atoms. The molecule has 1 aliphatic rings. The normalized spacial score (nSPS) is 24.8. The van der Waals surface area contributed by atoms with Gasteiger partial charge in [0.2, 0.25) is 47.3 Å². The fourth-order valence-corrected chi connectivity index (χ4v) is 8.15. The molecule has 1 aliphatic heterocycles. The molecule has 0 aromatic rings. The number of esters is 1. The van der Waals surface area contributed by atoms with Crippen LogP contribution in [0.15, 0.2) is 0 Å². The molecule has 0 spiro atoms. The van der Waals surface area contributed by atoms with Gasteiger partial charge in [0.25, 0.3) is 0 Å². The molecule has 6 unspecified atom stereocenters. The second kappa shape index (κ2) is 32.5. The van der Waals surface area contributed by atoms with Crippen LogP contribution in [0.3, 0.4) is 0 Å². The van der Waals surface area contributed by atoms with Crippen LogP contribution in [0.4, 0.5) is 0 Å². The quantitative estimate of drug-likeness (QED) is 0.0549. The number of nitrogens with two attached hydrogens (primary N) is 2. The van der Waals surface area contributed by atoms with E-state index in [4.69, 9.17) is 16.2 Å². The highest BCUT2D eigenvalue weighted by Crippen LogP contribution is 2.21. The van der Waals surface area contributed by atoms with E-state index >= 15 is 0 Å². The third-order valence-corrected chi connectivity index (χ3v) is 11.8. The summed E-state index contributed by atoms with van der Waals surface area (Å²) >= 11 is 0. The number of rotatable bonds is 22. The zero-order valence-corrected chi connectivity index (χ0v) is 43.4. The summed E-state index contributed by atoms with van der Waals surface area (Å²) in [6.45, 7) is 17.6. The van der Waals surface area contributed by atoms with Gasteiger partial charge in [0.05, 0.1) is 19.3 Å². The van der Waals surface area contributed by atoms with Gasteiger partial charge in [-0.3, -0.25) is 43.2 Å². The Balaban J connectivity index is 3.92.